The SMILES string of the molecule is CC(CCC(c1ccc(Cl)cc1)(c1ccc(Cl)cc1)c1ccc(Cl)cc1)(COC(C=Cc1ccccc1)c1ccccc1)C1CCCCC1. The molecule has 2 atom stereocenters. The molecule has 4 heteroatoms. The van der Waals surface area contributed by atoms with E-state index in [0.29, 0.717) is 12.5 Å². The van der Waals surface area contributed by atoms with Crippen LogP contribution in [0.2, 0.25) is 15.1 Å². The van der Waals surface area contributed by atoms with Gasteiger partial charge >= 0.3 is 0 Å². The maximum atomic E-state index is 7.06. The average molecular weight is 708 g/mol. The Labute approximate surface area is 307 Å². The van der Waals surface area contributed by atoms with Crippen molar-refractivity contribution in [2.24, 2.45) is 11.3 Å². The van der Waals surface area contributed by atoms with Crippen LogP contribution in [0.1, 0.15) is 85.8 Å². The minimum Gasteiger partial charge on any atom is -0.369 e. The van der Waals surface area contributed by atoms with Gasteiger partial charge < -0.3 is 4.74 Å². The highest BCUT2D eigenvalue weighted by molar-refractivity contribution is 6.31. The van der Waals surface area contributed by atoms with Gasteiger partial charge in [-0.05, 0) is 101 Å². The summed E-state index contributed by atoms with van der Waals surface area (Å²) in [7, 11) is 0. The molecule has 49 heavy (non-hydrogen) atoms. The number of rotatable bonds is 13. The van der Waals surface area contributed by atoms with Crippen LogP contribution in [0.3, 0.4) is 0 Å². The van der Waals surface area contributed by atoms with Crippen LogP contribution >= 0.6 is 34.8 Å². The van der Waals surface area contributed by atoms with Gasteiger partial charge in [0.1, 0.15) is 6.10 Å². The molecular formula is C45H45Cl3O. The first kappa shape index (κ1) is 35.5. The van der Waals surface area contributed by atoms with E-state index in [1.165, 1.54) is 59.9 Å². The predicted octanol–water partition coefficient (Wildman–Crippen LogP) is 13.8. The van der Waals surface area contributed by atoms with Crippen molar-refractivity contribution in [3.05, 3.63) is 182 Å². The quantitative estimate of drug-likeness (QED) is 0.111. The lowest BCUT2D eigenvalue weighted by Gasteiger charge is -2.44. The second-order valence-corrected chi connectivity index (χ2v) is 15.1. The molecule has 0 spiro atoms. The molecule has 1 aliphatic carbocycles. The molecule has 252 valence electrons. The second kappa shape index (κ2) is 16.6. The van der Waals surface area contributed by atoms with Gasteiger partial charge in [0, 0.05) is 20.5 Å². The average Bonchev–Trinajstić information content (AvgIpc) is 3.15. The van der Waals surface area contributed by atoms with Gasteiger partial charge in [-0.15, -0.1) is 0 Å². The molecular weight excluding hydrogens is 663 g/mol. The highest BCUT2D eigenvalue weighted by Crippen LogP contribution is 2.50. The summed E-state index contributed by atoms with van der Waals surface area (Å²) in [5.74, 6) is 0.564. The lowest BCUT2D eigenvalue weighted by Crippen LogP contribution is -2.38. The fraction of sp³-hybridized carbons (Fsp3) is 0.289. The second-order valence-electron chi connectivity index (χ2n) is 13.8. The van der Waals surface area contributed by atoms with E-state index in [9.17, 15) is 0 Å². The molecule has 2 unspecified atom stereocenters. The summed E-state index contributed by atoms with van der Waals surface area (Å²) in [6, 6.07) is 46.2. The molecule has 0 heterocycles. The van der Waals surface area contributed by atoms with Gasteiger partial charge in [0.25, 0.3) is 0 Å². The van der Waals surface area contributed by atoms with Gasteiger partial charge in [-0.3, -0.25) is 0 Å². The van der Waals surface area contributed by atoms with Crippen molar-refractivity contribution >= 4 is 40.9 Å². The van der Waals surface area contributed by atoms with Crippen molar-refractivity contribution in [1.82, 2.24) is 0 Å². The van der Waals surface area contributed by atoms with Crippen molar-refractivity contribution in [2.45, 2.75) is 63.4 Å². The molecule has 1 saturated carbocycles. The number of halogens is 3. The Morgan fingerprint density at radius 3 is 1.57 bits per heavy atom. The van der Waals surface area contributed by atoms with E-state index >= 15 is 0 Å². The Balaban J connectivity index is 1.39. The van der Waals surface area contributed by atoms with E-state index in [-0.39, 0.29) is 11.5 Å². The van der Waals surface area contributed by atoms with Gasteiger partial charge in [-0.1, -0.05) is 170 Å². The molecule has 1 aliphatic rings. The molecule has 5 aromatic carbocycles. The van der Waals surface area contributed by atoms with E-state index in [0.717, 1.165) is 27.9 Å². The zero-order valence-corrected chi connectivity index (χ0v) is 30.5. The van der Waals surface area contributed by atoms with Crippen molar-refractivity contribution in [3.8, 4) is 0 Å². The highest BCUT2D eigenvalue weighted by atomic mass is 35.5. The van der Waals surface area contributed by atoms with Crippen molar-refractivity contribution in [3.63, 3.8) is 0 Å². The monoisotopic (exact) mass is 706 g/mol. The van der Waals surface area contributed by atoms with Crippen molar-refractivity contribution in [2.75, 3.05) is 6.61 Å². The molecule has 0 amide bonds. The summed E-state index contributed by atoms with van der Waals surface area (Å²) in [5.41, 5.74) is 5.40. The number of benzene rings is 5. The van der Waals surface area contributed by atoms with Gasteiger partial charge in [0.05, 0.1) is 6.61 Å². The fourth-order valence-corrected chi connectivity index (χ4v) is 8.13. The normalized spacial score (nSPS) is 16.0. The number of hydrogen-bond donors (Lipinski definition) is 0. The minimum absolute atomic E-state index is 0.0649. The van der Waals surface area contributed by atoms with E-state index in [1.807, 2.05) is 36.4 Å². The summed E-state index contributed by atoms with van der Waals surface area (Å²) in [6.45, 7) is 3.14. The van der Waals surface area contributed by atoms with Crippen LogP contribution < -0.4 is 0 Å². The van der Waals surface area contributed by atoms with E-state index in [1.54, 1.807) is 0 Å². The molecule has 0 aliphatic heterocycles. The third kappa shape index (κ3) is 8.70. The standard InChI is InChI=1S/C45H45Cl3O/c1-44(36-15-9-4-10-16-36,33-49-43(35-13-7-3-8-14-35)30-17-34-11-5-2-6-12-34)31-32-45(37-18-24-40(46)25-19-37,38-20-26-41(47)27-21-38)39-22-28-42(48)29-23-39/h2-3,5-8,11-14,17-30,36,43H,4,9-10,15-16,31-33H2,1H3. The van der Waals surface area contributed by atoms with Crippen LogP contribution in [-0.2, 0) is 10.2 Å². The van der Waals surface area contributed by atoms with Gasteiger partial charge in [0.2, 0.25) is 0 Å². The Morgan fingerprint density at radius 2 is 1.08 bits per heavy atom. The van der Waals surface area contributed by atoms with Crippen molar-refractivity contribution < 1.29 is 4.74 Å². The third-order valence-corrected chi connectivity index (χ3v) is 11.4. The zero-order valence-electron chi connectivity index (χ0n) is 28.2. The largest absolute Gasteiger partial charge is 0.369 e. The molecule has 5 aromatic rings. The molecule has 1 fully saturated rings. The van der Waals surface area contributed by atoms with E-state index in [2.05, 4.69) is 116 Å². The van der Waals surface area contributed by atoms with Crippen LogP contribution in [0, 0.1) is 11.3 Å². The summed E-state index contributed by atoms with van der Waals surface area (Å²) < 4.78 is 7.06. The smallest absolute Gasteiger partial charge is 0.101 e. The molecule has 0 radical (unpaired) electrons. The number of hydrogen-bond acceptors (Lipinski definition) is 1. The summed E-state index contributed by atoms with van der Waals surface area (Å²) in [4.78, 5) is 0. The van der Waals surface area contributed by atoms with Crippen LogP contribution in [0.25, 0.3) is 6.08 Å². The van der Waals surface area contributed by atoms with Gasteiger partial charge in [-0.2, -0.15) is 0 Å². The summed E-state index contributed by atoms with van der Waals surface area (Å²) >= 11 is 19.4. The molecule has 1 nitrogen and oxygen atoms in total. The maximum absolute atomic E-state index is 7.06. The molecule has 0 saturated heterocycles. The summed E-state index contributed by atoms with van der Waals surface area (Å²) in [6.07, 6.45) is 12.4. The van der Waals surface area contributed by atoms with Crippen molar-refractivity contribution in [1.29, 1.82) is 0 Å². The first-order chi connectivity index (χ1) is 23.9. The van der Waals surface area contributed by atoms with E-state index in [4.69, 9.17) is 39.5 Å². The molecule has 6 rings (SSSR count). The van der Waals surface area contributed by atoms with Gasteiger partial charge in [-0.25, -0.2) is 0 Å². The van der Waals surface area contributed by atoms with Crippen LogP contribution in [0.5, 0.6) is 0 Å². The first-order valence-electron chi connectivity index (χ1n) is 17.5. The Kier molecular flexibility index (Phi) is 12.0. The Morgan fingerprint density at radius 1 is 0.612 bits per heavy atom. The number of ether oxygens (including phenoxy) is 1. The maximum Gasteiger partial charge on any atom is 0.101 e. The lowest BCUT2D eigenvalue weighted by atomic mass is 9.61. The molecule has 0 bridgehead atoms. The summed E-state index contributed by atoms with van der Waals surface area (Å²) in [5, 5.41) is 2.17. The molecule has 0 N–H and O–H groups in total. The topological polar surface area (TPSA) is 9.23 Å². The predicted molar refractivity (Wildman–Crippen MR) is 209 cm³/mol. The zero-order chi connectivity index (χ0) is 34.1. The van der Waals surface area contributed by atoms with E-state index < -0.39 is 5.41 Å². The van der Waals surface area contributed by atoms with Crippen LogP contribution in [-0.4, -0.2) is 6.61 Å². The third-order valence-electron chi connectivity index (χ3n) is 10.7. The van der Waals surface area contributed by atoms with Gasteiger partial charge in [0.15, 0.2) is 0 Å². The van der Waals surface area contributed by atoms with Crippen LogP contribution in [0.4, 0.5) is 0 Å². The minimum atomic E-state index is -0.457. The Bertz CT molecular complexity index is 1650. The lowest BCUT2D eigenvalue weighted by molar-refractivity contribution is -0.0266. The fourth-order valence-electron chi connectivity index (χ4n) is 7.75. The van der Waals surface area contributed by atoms with Crippen LogP contribution in [0.15, 0.2) is 140 Å². The molecule has 0 aromatic heterocycles. The Hall–Kier alpha value is -3.33. The highest BCUT2D eigenvalue weighted by Gasteiger charge is 2.42. The first-order valence-corrected chi connectivity index (χ1v) is 18.7.